The minimum absolute atomic E-state index is 0.131. The van der Waals surface area contributed by atoms with E-state index in [1.165, 1.54) is 13.0 Å². The third-order valence-corrected chi connectivity index (χ3v) is 1.63. The van der Waals surface area contributed by atoms with Gasteiger partial charge in [-0.1, -0.05) is 6.92 Å². The summed E-state index contributed by atoms with van der Waals surface area (Å²) >= 11 is 0. The van der Waals surface area contributed by atoms with Gasteiger partial charge in [-0.3, -0.25) is 0 Å². The Labute approximate surface area is 84.2 Å². The van der Waals surface area contributed by atoms with Crippen LogP contribution in [0.3, 0.4) is 0 Å². The fourth-order valence-corrected chi connectivity index (χ4v) is 1.08. The maximum absolute atomic E-state index is 12.4. The van der Waals surface area contributed by atoms with Crippen molar-refractivity contribution >= 4 is 5.76 Å². The van der Waals surface area contributed by atoms with Gasteiger partial charge in [0.05, 0.1) is 0 Å². The lowest BCUT2D eigenvalue weighted by Gasteiger charge is -2.03. The van der Waals surface area contributed by atoms with Gasteiger partial charge >= 0.3 is 6.18 Å². The summed E-state index contributed by atoms with van der Waals surface area (Å²) in [6, 6.07) is 0. The van der Waals surface area contributed by atoms with Crippen LogP contribution >= 0.6 is 0 Å². The summed E-state index contributed by atoms with van der Waals surface area (Å²) in [4.78, 5) is 3.49. The molecule has 1 aromatic heterocycles. The zero-order valence-electron chi connectivity index (χ0n) is 8.22. The van der Waals surface area contributed by atoms with Crippen molar-refractivity contribution in [2.75, 3.05) is 0 Å². The lowest BCUT2D eigenvalue weighted by Crippen LogP contribution is -2.06. The van der Waals surface area contributed by atoms with E-state index in [4.69, 9.17) is 0 Å². The summed E-state index contributed by atoms with van der Waals surface area (Å²) < 4.78 is 41.6. The monoisotopic (exact) mass is 221 g/mol. The highest BCUT2D eigenvalue weighted by atomic mass is 19.4. The van der Waals surface area contributed by atoms with Crippen LogP contribution in [0.25, 0.3) is 5.76 Å². The number of nitrogens with zero attached hydrogens (tertiary/aromatic N) is 1. The number of alkyl halides is 3. The van der Waals surface area contributed by atoms with E-state index in [-0.39, 0.29) is 5.89 Å². The number of aryl methyl sites for hydroxylation is 1. The number of hydrogen-bond donors (Lipinski definition) is 1. The van der Waals surface area contributed by atoms with Crippen molar-refractivity contribution in [3.63, 3.8) is 0 Å². The highest BCUT2D eigenvalue weighted by Gasteiger charge is 2.40. The Morgan fingerprint density at radius 1 is 1.53 bits per heavy atom. The smallest absolute Gasteiger partial charge is 0.452 e. The van der Waals surface area contributed by atoms with E-state index in [9.17, 15) is 18.3 Å². The van der Waals surface area contributed by atoms with Crippen LogP contribution in [0.2, 0.25) is 0 Å². The molecule has 0 aliphatic carbocycles. The molecule has 3 nitrogen and oxygen atoms in total. The fourth-order valence-electron chi connectivity index (χ4n) is 1.08. The minimum atomic E-state index is -4.65. The first-order chi connectivity index (χ1) is 6.86. The molecular weight excluding hydrogens is 211 g/mol. The van der Waals surface area contributed by atoms with Gasteiger partial charge in [0.15, 0.2) is 11.6 Å². The second-order valence-corrected chi connectivity index (χ2v) is 2.91. The molecule has 1 rings (SSSR count). The Hall–Kier alpha value is -1.46. The van der Waals surface area contributed by atoms with Gasteiger partial charge in [0, 0.05) is 6.92 Å². The average molecular weight is 221 g/mol. The molecule has 84 valence electrons. The van der Waals surface area contributed by atoms with Crippen molar-refractivity contribution in [2.45, 2.75) is 26.4 Å². The summed E-state index contributed by atoms with van der Waals surface area (Å²) in [7, 11) is 0. The molecule has 0 spiro atoms. The maximum atomic E-state index is 12.4. The van der Waals surface area contributed by atoms with Crippen LogP contribution in [0.4, 0.5) is 13.2 Å². The molecule has 0 radical (unpaired) electrons. The van der Waals surface area contributed by atoms with Crippen LogP contribution in [0, 0.1) is 6.92 Å². The number of allylic oxidation sites excluding steroid dienone is 1. The molecule has 15 heavy (non-hydrogen) atoms. The second-order valence-electron chi connectivity index (χ2n) is 2.91. The Balaban J connectivity index is 3.24. The first-order valence-electron chi connectivity index (χ1n) is 4.30. The average Bonchev–Trinajstić information content (AvgIpc) is 2.47. The molecule has 1 N–H and O–H groups in total. The summed E-state index contributed by atoms with van der Waals surface area (Å²) in [6.07, 6.45) is -2.99. The van der Waals surface area contributed by atoms with Crippen LogP contribution < -0.4 is 0 Å². The predicted molar refractivity (Wildman–Crippen MR) is 47.1 cm³/mol. The van der Waals surface area contributed by atoms with Crippen LogP contribution in [0.5, 0.6) is 0 Å². The van der Waals surface area contributed by atoms with Gasteiger partial charge in [0.1, 0.15) is 5.76 Å². The van der Waals surface area contributed by atoms with E-state index >= 15 is 0 Å². The van der Waals surface area contributed by atoms with Gasteiger partial charge in [-0.05, 0) is 12.5 Å². The molecule has 0 atom stereocenters. The highest BCUT2D eigenvalue weighted by Crippen LogP contribution is 2.34. The van der Waals surface area contributed by atoms with E-state index < -0.39 is 23.4 Å². The molecule has 1 heterocycles. The van der Waals surface area contributed by atoms with Crippen molar-refractivity contribution in [1.82, 2.24) is 4.98 Å². The van der Waals surface area contributed by atoms with Gasteiger partial charge < -0.3 is 9.52 Å². The predicted octanol–water partition coefficient (Wildman–Crippen LogP) is 3.31. The number of aliphatic hydroxyl groups excluding tert-OH is 1. The number of oxazole rings is 1. The summed E-state index contributed by atoms with van der Waals surface area (Å²) in [6.45, 7) is 2.98. The fraction of sp³-hybridized carbons (Fsp3) is 0.444. The quantitative estimate of drug-likeness (QED) is 0.779. The van der Waals surface area contributed by atoms with Crippen LogP contribution in [0.1, 0.15) is 30.7 Å². The molecule has 6 heteroatoms. The number of hydrogen-bond acceptors (Lipinski definition) is 3. The van der Waals surface area contributed by atoms with E-state index in [1.807, 2.05) is 0 Å². The van der Waals surface area contributed by atoms with Gasteiger partial charge in [-0.15, -0.1) is 0 Å². The molecule has 0 bridgehead atoms. The summed E-state index contributed by atoms with van der Waals surface area (Å²) in [5, 5.41) is 9.32. The Morgan fingerprint density at radius 3 is 2.60 bits per heavy atom. The zero-order valence-corrected chi connectivity index (χ0v) is 8.22. The molecule has 0 amide bonds. The SMILES string of the molecule is CC/C=C(\O)c1nc(C)oc1C(F)(F)F. The molecular formula is C9H10F3NO2. The van der Waals surface area contributed by atoms with Crippen molar-refractivity contribution < 1.29 is 22.7 Å². The standard InChI is InChI=1S/C9H10F3NO2/c1-3-4-6(14)7-8(9(10,11)12)15-5(2)13-7/h4,14H,3H2,1-2H3/b6-4-. The minimum Gasteiger partial charge on any atom is -0.506 e. The third kappa shape index (κ3) is 2.51. The third-order valence-electron chi connectivity index (χ3n) is 1.63. The van der Waals surface area contributed by atoms with E-state index in [0.29, 0.717) is 6.42 Å². The zero-order chi connectivity index (χ0) is 11.6. The number of aromatic nitrogens is 1. The summed E-state index contributed by atoms with van der Waals surface area (Å²) in [5.74, 6) is -1.91. The Kier molecular flexibility index (Phi) is 3.06. The molecule has 0 saturated heterocycles. The number of rotatable bonds is 2. The Bertz CT molecular complexity index is 379. The van der Waals surface area contributed by atoms with E-state index in [1.54, 1.807) is 6.92 Å². The summed E-state index contributed by atoms with van der Waals surface area (Å²) in [5.41, 5.74) is -0.554. The van der Waals surface area contributed by atoms with E-state index in [0.717, 1.165) is 0 Å². The first-order valence-corrected chi connectivity index (χ1v) is 4.30. The van der Waals surface area contributed by atoms with Crippen molar-refractivity contribution in [3.05, 3.63) is 23.4 Å². The van der Waals surface area contributed by atoms with Gasteiger partial charge in [0.2, 0.25) is 5.76 Å². The lowest BCUT2D eigenvalue weighted by atomic mass is 10.2. The van der Waals surface area contributed by atoms with E-state index in [2.05, 4.69) is 9.40 Å². The normalized spacial score (nSPS) is 13.3. The van der Waals surface area contributed by atoms with Gasteiger partial charge in [-0.2, -0.15) is 13.2 Å². The molecule has 1 aromatic rings. The van der Waals surface area contributed by atoms with Crippen molar-refractivity contribution in [3.8, 4) is 0 Å². The van der Waals surface area contributed by atoms with Crippen LogP contribution in [-0.4, -0.2) is 10.1 Å². The van der Waals surface area contributed by atoms with Gasteiger partial charge in [-0.25, -0.2) is 4.98 Å². The number of aliphatic hydroxyl groups is 1. The van der Waals surface area contributed by atoms with Crippen LogP contribution in [0.15, 0.2) is 10.5 Å². The molecule has 0 aliphatic rings. The van der Waals surface area contributed by atoms with Gasteiger partial charge in [0.25, 0.3) is 0 Å². The molecule has 0 aromatic carbocycles. The molecule has 0 saturated carbocycles. The Morgan fingerprint density at radius 2 is 2.13 bits per heavy atom. The van der Waals surface area contributed by atoms with Crippen molar-refractivity contribution in [2.24, 2.45) is 0 Å². The van der Waals surface area contributed by atoms with Crippen molar-refractivity contribution in [1.29, 1.82) is 0 Å². The lowest BCUT2D eigenvalue weighted by molar-refractivity contribution is -0.153. The second kappa shape index (κ2) is 3.96. The molecule has 0 unspecified atom stereocenters. The maximum Gasteiger partial charge on any atom is 0.452 e. The van der Waals surface area contributed by atoms with Crippen LogP contribution in [-0.2, 0) is 6.18 Å². The molecule has 0 aliphatic heterocycles. The first kappa shape index (κ1) is 11.6. The highest BCUT2D eigenvalue weighted by molar-refractivity contribution is 5.56. The molecule has 0 fully saturated rings. The topological polar surface area (TPSA) is 46.3 Å². The number of halogens is 3. The largest absolute Gasteiger partial charge is 0.506 e.